The van der Waals surface area contributed by atoms with Gasteiger partial charge in [-0.15, -0.1) is 0 Å². The molecule has 0 spiro atoms. The van der Waals surface area contributed by atoms with Crippen molar-refractivity contribution in [3.05, 3.63) is 41.1 Å². The molecule has 4 rings (SSSR count). The number of carbonyl (C=O) groups excluding carboxylic acids is 1. The van der Waals surface area contributed by atoms with Crippen LogP contribution in [-0.4, -0.2) is 59.4 Å². The zero-order chi connectivity index (χ0) is 30.4. The first-order valence-corrected chi connectivity index (χ1v) is 8.08. The van der Waals surface area contributed by atoms with Crippen LogP contribution in [0.1, 0.15) is 42.7 Å². The molecule has 0 saturated carbocycles. The molecule has 0 saturated heterocycles. The first-order valence-electron chi connectivity index (χ1n) is 14.6. The fourth-order valence-corrected chi connectivity index (χ4v) is 3.76. The number of nitrogens with zero attached hydrogens (tertiary/aromatic N) is 2. The smallest absolute Gasteiger partial charge is 0.317 e. The summed E-state index contributed by atoms with van der Waals surface area (Å²) in [7, 11) is 0. The second kappa shape index (κ2) is 6.64. The number of urea groups is 1. The molecule has 2 atom stereocenters. The van der Waals surface area contributed by atoms with E-state index >= 15 is 4.39 Å². The highest BCUT2D eigenvalue weighted by atomic mass is 19.1. The number of amides is 2. The van der Waals surface area contributed by atoms with Crippen molar-refractivity contribution in [1.29, 1.82) is 0 Å². The number of H-pyrrole nitrogens is 1. The number of likely N-dealkylation sites (N-methyl/N-ethyl adjacent to an activating group) is 1. The number of nitrogens with one attached hydrogen (secondary N) is 2. The molecule has 0 unspecified atom stereocenters. The zero-order valence-electron chi connectivity index (χ0n) is 26.9. The van der Waals surface area contributed by atoms with Gasteiger partial charge in [0, 0.05) is 66.6 Å². The Hall–Kier alpha value is -2.41. The average Bonchev–Trinajstić information content (AvgIpc) is 3.17. The number of fused-ring (bicyclic) bond motifs is 2. The molecule has 144 valence electrons. The molecule has 2 aromatic rings. The van der Waals surface area contributed by atoms with E-state index < -0.39 is 74.9 Å². The second-order valence-corrected chi connectivity index (χ2v) is 6.39. The molecule has 1 aromatic carbocycles. The van der Waals surface area contributed by atoms with Crippen molar-refractivity contribution in [2.24, 2.45) is 0 Å². The van der Waals surface area contributed by atoms with E-state index in [0.717, 1.165) is 4.90 Å². The van der Waals surface area contributed by atoms with Gasteiger partial charge in [0.1, 0.15) is 11.6 Å². The third kappa shape index (κ3) is 2.81. The normalized spacial score (nSPS) is 31.3. The van der Waals surface area contributed by atoms with E-state index in [-0.39, 0.29) is 28.5 Å². The maximum absolute atomic E-state index is 15.2. The Balaban J connectivity index is 1.83. The quantitative estimate of drug-likeness (QED) is 0.850. The van der Waals surface area contributed by atoms with Gasteiger partial charge in [0.25, 0.3) is 0 Å². The molecule has 1 aliphatic carbocycles. The third-order valence-electron chi connectivity index (χ3n) is 4.89. The summed E-state index contributed by atoms with van der Waals surface area (Å²) < 4.78 is 130. The van der Waals surface area contributed by atoms with E-state index in [9.17, 15) is 9.18 Å². The number of halogens is 2. The van der Waals surface area contributed by atoms with E-state index in [1.54, 1.807) is 0 Å². The minimum Gasteiger partial charge on any atom is -0.358 e. The fourth-order valence-electron chi connectivity index (χ4n) is 3.76. The Morgan fingerprint density at radius 3 is 3.00 bits per heavy atom. The van der Waals surface area contributed by atoms with Gasteiger partial charge in [0.2, 0.25) is 0 Å². The van der Waals surface area contributed by atoms with Gasteiger partial charge in [-0.05, 0) is 38.2 Å². The van der Waals surface area contributed by atoms with Crippen LogP contribution in [0.25, 0.3) is 16.5 Å². The van der Waals surface area contributed by atoms with Crippen LogP contribution in [-0.2, 0) is 6.42 Å². The van der Waals surface area contributed by atoms with E-state index in [2.05, 4.69) is 10.3 Å². The molecule has 27 heavy (non-hydrogen) atoms. The summed E-state index contributed by atoms with van der Waals surface area (Å²) in [6, 6.07) is -3.57. The first kappa shape index (κ1) is 8.31. The summed E-state index contributed by atoms with van der Waals surface area (Å²) in [4.78, 5) is 16.4. The van der Waals surface area contributed by atoms with Crippen molar-refractivity contribution < 1.29 is 31.4 Å². The molecular formula is C20H24F2N4O. The molecule has 0 fully saturated rings. The van der Waals surface area contributed by atoms with Crippen LogP contribution in [0.4, 0.5) is 13.6 Å². The second-order valence-electron chi connectivity index (χ2n) is 6.39. The molecule has 5 nitrogen and oxygen atoms in total. The zero-order valence-corrected chi connectivity index (χ0v) is 13.9. The SMILES string of the molecule is [2H]C([2H])([2H])N1C[C@@H](NC(=O)N(C([2H])([2H])C([2H])([2H])[2H])C([2H])([2H])C([2H])([2H])[2H])C=C2c3c(F)cc(F)c4[nH]cc(c34)C[C@H]21. The Morgan fingerprint density at radius 2 is 2.26 bits per heavy atom. The van der Waals surface area contributed by atoms with Gasteiger partial charge in [0.05, 0.1) is 11.6 Å². The van der Waals surface area contributed by atoms with Crippen LogP contribution in [0, 0.1) is 11.6 Å². The molecule has 0 bridgehead atoms. The fraction of sp³-hybridized carbons (Fsp3) is 0.450. The van der Waals surface area contributed by atoms with E-state index in [1.807, 2.05) is 0 Å². The molecule has 2 amide bonds. The Kier molecular flexibility index (Phi) is 2.04. The summed E-state index contributed by atoms with van der Waals surface area (Å²) in [6.07, 6.45) is 2.70. The lowest BCUT2D eigenvalue weighted by molar-refractivity contribution is 0.193. The van der Waals surface area contributed by atoms with Crippen LogP contribution >= 0.6 is 0 Å². The molecule has 1 aromatic heterocycles. The van der Waals surface area contributed by atoms with Gasteiger partial charge >= 0.3 is 6.03 Å². The lowest BCUT2D eigenvalue weighted by Gasteiger charge is -2.40. The van der Waals surface area contributed by atoms with Crippen LogP contribution in [0.5, 0.6) is 0 Å². The van der Waals surface area contributed by atoms with Crippen LogP contribution in [0.2, 0.25) is 0 Å². The lowest BCUT2D eigenvalue weighted by Crippen LogP contribution is -2.52. The summed E-state index contributed by atoms with van der Waals surface area (Å²) in [5.74, 6) is -1.90. The predicted molar refractivity (Wildman–Crippen MR) is 102 cm³/mol. The number of rotatable bonds is 3. The summed E-state index contributed by atoms with van der Waals surface area (Å²) in [5, 5.41) is 2.29. The number of aromatic nitrogens is 1. The lowest BCUT2D eigenvalue weighted by atomic mass is 9.81. The third-order valence-corrected chi connectivity index (χ3v) is 4.89. The van der Waals surface area contributed by atoms with Gasteiger partial charge < -0.3 is 15.2 Å². The standard InChI is InChI=1S/C20H24F2N4O/c1-4-26(5-2)20(27)24-12-7-13-16(25(3)10-12)6-11-9-23-19-15(22)8-14(21)18(13)17(11)19/h7-9,12,16,23H,4-6,10H2,1-3H3,(H,24,27)/t12-,16+/m0/s1/i1D3,2D3,3D3,4D2,5D2. The first-order chi connectivity index (χ1) is 18.0. The highest BCUT2D eigenvalue weighted by Gasteiger charge is 2.36. The number of benzene rings is 1. The monoisotopic (exact) mass is 387 g/mol. The summed E-state index contributed by atoms with van der Waals surface area (Å²) >= 11 is 0. The van der Waals surface area contributed by atoms with Gasteiger partial charge in [-0.25, -0.2) is 13.6 Å². The summed E-state index contributed by atoms with van der Waals surface area (Å²) in [5.41, 5.74) is 0.335. The molecule has 2 N–H and O–H groups in total. The maximum atomic E-state index is 15.2. The minimum atomic E-state index is -3.83. The van der Waals surface area contributed by atoms with Crippen LogP contribution in [0.15, 0.2) is 18.3 Å². The number of carbonyl (C=O) groups is 1. The summed E-state index contributed by atoms with van der Waals surface area (Å²) in [6.45, 7) is -18.4. The minimum absolute atomic E-state index is 0.0239. The predicted octanol–water partition coefficient (Wildman–Crippen LogP) is 3.12. The topological polar surface area (TPSA) is 51.4 Å². The van der Waals surface area contributed by atoms with Gasteiger partial charge in [0.15, 0.2) is 0 Å². The number of hydrogen-bond donors (Lipinski definition) is 2. The molecule has 7 heteroatoms. The Labute approximate surface area is 175 Å². The van der Waals surface area contributed by atoms with Gasteiger partial charge in [-0.2, -0.15) is 0 Å². The van der Waals surface area contributed by atoms with Gasteiger partial charge in [-0.3, -0.25) is 4.90 Å². The van der Waals surface area contributed by atoms with E-state index in [0.29, 0.717) is 11.6 Å². The molecule has 1 aliphatic heterocycles. The number of aromatic amines is 1. The van der Waals surface area contributed by atoms with E-state index in [4.69, 9.17) is 17.8 Å². The van der Waals surface area contributed by atoms with E-state index in [1.165, 1.54) is 12.3 Å². The van der Waals surface area contributed by atoms with Crippen molar-refractivity contribution in [1.82, 2.24) is 20.1 Å². The largest absolute Gasteiger partial charge is 0.358 e. The molecular weight excluding hydrogens is 350 g/mol. The van der Waals surface area contributed by atoms with Crippen LogP contribution in [0.3, 0.4) is 0 Å². The van der Waals surface area contributed by atoms with Crippen molar-refractivity contribution >= 4 is 22.5 Å². The number of hydrogen-bond acceptors (Lipinski definition) is 2. The van der Waals surface area contributed by atoms with Crippen LogP contribution < -0.4 is 5.32 Å². The van der Waals surface area contributed by atoms with Crippen molar-refractivity contribution in [2.45, 2.75) is 32.2 Å². The van der Waals surface area contributed by atoms with Crippen molar-refractivity contribution in [2.75, 3.05) is 26.5 Å². The highest BCUT2D eigenvalue weighted by molar-refractivity contribution is 5.99. The van der Waals surface area contributed by atoms with Gasteiger partial charge in [-0.1, -0.05) is 6.08 Å². The molecule has 2 aliphatic rings. The average molecular weight is 388 g/mol. The Bertz CT molecular complexity index is 1350. The molecule has 0 radical (unpaired) electrons. The molecule has 2 heterocycles. The maximum Gasteiger partial charge on any atom is 0.317 e. The van der Waals surface area contributed by atoms with Crippen molar-refractivity contribution in [3.63, 3.8) is 0 Å². The van der Waals surface area contributed by atoms with Crippen molar-refractivity contribution in [3.8, 4) is 0 Å². The Morgan fingerprint density at radius 1 is 1.44 bits per heavy atom. The highest BCUT2D eigenvalue weighted by Crippen LogP contribution is 2.42.